The van der Waals surface area contributed by atoms with Crippen molar-refractivity contribution in [2.24, 2.45) is 0 Å². The Balaban J connectivity index is 2.44. The molecule has 0 aromatic rings. The smallest absolute Gasteiger partial charge is 0.244 e. The first-order valence-electron chi connectivity index (χ1n) is 6.42. The van der Waals surface area contributed by atoms with Crippen LogP contribution in [0, 0.1) is 0 Å². The molecule has 0 radical (unpaired) electrons. The standard InChI is InChI=1S/C12H23N3O2/c1-4-15(5-2)12(17)9(3)14-11(16)10-7-6-8-13-10/h9-10,13H,4-8H2,1-3H3,(H,14,16)/t9?,10-/m0/s1. The SMILES string of the molecule is CCN(CC)C(=O)C(C)NC(=O)[C@@H]1CCCN1. The van der Waals surface area contributed by atoms with E-state index in [2.05, 4.69) is 10.6 Å². The number of amides is 2. The maximum Gasteiger partial charge on any atom is 0.244 e. The van der Waals surface area contributed by atoms with Gasteiger partial charge in [-0.3, -0.25) is 9.59 Å². The second kappa shape index (κ2) is 6.59. The summed E-state index contributed by atoms with van der Waals surface area (Å²) in [5, 5.41) is 5.90. The molecule has 5 heteroatoms. The van der Waals surface area contributed by atoms with E-state index in [1.807, 2.05) is 13.8 Å². The van der Waals surface area contributed by atoms with Gasteiger partial charge in [0.15, 0.2) is 0 Å². The van der Waals surface area contributed by atoms with Crippen molar-refractivity contribution in [3.63, 3.8) is 0 Å². The average Bonchev–Trinajstić information content (AvgIpc) is 2.83. The van der Waals surface area contributed by atoms with Gasteiger partial charge in [0.2, 0.25) is 11.8 Å². The van der Waals surface area contributed by atoms with Crippen LogP contribution in [0.2, 0.25) is 0 Å². The number of hydrogen-bond donors (Lipinski definition) is 2. The van der Waals surface area contributed by atoms with E-state index < -0.39 is 6.04 Å². The second-order valence-corrected chi connectivity index (χ2v) is 4.39. The highest BCUT2D eigenvalue weighted by atomic mass is 16.2. The zero-order valence-electron chi connectivity index (χ0n) is 11.0. The normalized spacial score (nSPS) is 21.0. The third-order valence-electron chi connectivity index (χ3n) is 3.18. The molecule has 1 aliphatic heterocycles. The lowest BCUT2D eigenvalue weighted by atomic mass is 10.2. The van der Waals surface area contributed by atoms with Crippen LogP contribution in [0.4, 0.5) is 0 Å². The minimum atomic E-state index is -0.440. The Morgan fingerprint density at radius 3 is 2.53 bits per heavy atom. The lowest BCUT2D eigenvalue weighted by Crippen LogP contribution is -2.51. The lowest BCUT2D eigenvalue weighted by molar-refractivity contribution is -0.136. The molecule has 2 amide bonds. The number of nitrogens with zero attached hydrogens (tertiary/aromatic N) is 1. The van der Waals surface area contributed by atoms with Crippen molar-refractivity contribution in [2.45, 2.75) is 45.7 Å². The Kier molecular flexibility index (Phi) is 5.41. The van der Waals surface area contributed by atoms with Crippen LogP contribution in [-0.4, -0.2) is 48.4 Å². The molecule has 17 heavy (non-hydrogen) atoms. The fourth-order valence-electron chi connectivity index (χ4n) is 2.09. The Labute approximate surface area is 103 Å². The quantitative estimate of drug-likeness (QED) is 0.718. The summed E-state index contributed by atoms with van der Waals surface area (Å²) < 4.78 is 0. The van der Waals surface area contributed by atoms with E-state index in [4.69, 9.17) is 0 Å². The van der Waals surface area contributed by atoms with Gasteiger partial charge in [-0.1, -0.05) is 0 Å². The van der Waals surface area contributed by atoms with Crippen LogP contribution in [0.5, 0.6) is 0 Å². The van der Waals surface area contributed by atoms with Crippen LogP contribution < -0.4 is 10.6 Å². The summed E-state index contributed by atoms with van der Waals surface area (Å²) in [5.74, 6) is -0.0724. The fourth-order valence-corrected chi connectivity index (χ4v) is 2.09. The van der Waals surface area contributed by atoms with Gasteiger partial charge in [0.1, 0.15) is 6.04 Å². The number of carbonyl (C=O) groups is 2. The molecule has 98 valence electrons. The lowest BCUT2D eigenvalue weighted by Gasteiger charge is -2.24. The van der Waals surface area contributed by atoms with Gasteiger partial charge >= 0.3 is 0 Å². The number of rotatable bonds is 5. The molecule has 2 atom stereocenters. The van der Waals surface area contributed by atoms with Gasteiger partial charge in [0, 0.05) is 13.1 Å². The molecule has 1 unspecified atom stereocenters. The van der Waals surface area contributed by atoms with Crippen molar-refractivity contribution in [2.75, 3.05) is 19.6 Å². The Bertz CT molecular complexity index is 271. The fraction of sp³-hybridized carbons (Fsp3) is 0.833. The third kappa shape index (κ3) is 3.70. The predicted octanol–water partition coefficient (Wildman–Crippen LogP) is 0.112. The molecule has 0 aromatic heterocycles. The molecule has 5 nitrogen and oxygen atoms in total. The van der Waals surface area contributed by atoms with E-state index in [1.54, 1.807) is 11.8 Å². The Morgan fingerprint density at radius 1 is 1.41 bits per heavy atom. The van der Waals surface area contributed by atoms with Gasteiger partial charge in [0.05, 0.1) is 6.04 Å². The van der Waals surface area contributed by atoms with Crippen LogP contribution in [0.15, 0.2) is 0 Å². The highest BCUT2D eigenvalue weighted by Gasteiger charge is 2.26. The van der Waals surface area contributed by atoms with E-state index in [-0.39, 0.29) is 17.9 Å². The molecule has 1 fully saturated rings. The molecule has 2 N–H and O–H groups in total. The van der Waals surface area contributed by atoms with Crippen LogP contribution >= 0.6 is 0 Å². The van der Waals surface area contributed by atoms with Gasteiger partial charge < -0.3 is 15.5 Å². The van der Waals surface area contributed by atoms with Crippen LogP contribution in [0.3, 0.4) is 0 Å². The maximum absolute atomic E-state index is 11.9. The van der Waals surface area contributed by atoms with Crippen LogP contribution in [0.25, 0.3) is 0 Å². The summed E-state index contributed by atoms with van der Waals surface area (Å²) in [4.78, 5) is 25.5. The third-order valence-corrected chi connectivity index (χ3v) is 3.18. The van der Waals surface area contributed by atoms with Crippen LogP contribution in [0.1, 0.15) is 33.6 Å². The number of nitrogens with one attached hydrogen (secondary N) is 2. The molecule has 0 saturated carbocycles. The largest absolute Gasteiger partial charge is 0.343 e. The first kappa shape index (κ1) is 14.0. The molecule has 1 rings (SSSR count). The van der Waals surface area contributed by atoms with E-state index in [9.17, 15) is 9.59 Å². The van der Waals surface area contributed by atoms with Crippen molar-refractivity contribution in [1.82, 2.24) is 15.5 Å². The summed E-state index contributed by atoms with van der Waals surface area (Å²) in [6.45, 7) is 7.86. The second-order valence-electron chi connectivity index (χ2n) is 4.39. The first-order chi connectivity index (χ1) is 8.10. The van der Waals surface area contributed by atoms with E-state index in [0.717, 1.165) is 19.4 Å². The molecule has 0 spiro atoms. The summed E-state index contributed by atoms with van der Waals surface area (Å²) in [6.07, 6.45) is 1.88. The monoisotopic (exact) mass is 241 g/mol. The van der Waals surface area contributed by atoms with Gasteiger partial charge in [-0.25, -0.2) is 0 Å². The van der Waals surface area contributed by atoms with Crippen molar-refractivity contribution < 1.29 is 9.59 Å². The molecule has 0 aliphatic carbocycles. The topological polar surface area (TPSA) is 61.4 Å². The van der Waals surface area contributed by atoms with E-state index >= 15 is 0 Å². The number of likely N-dealkylation sites (N-methyl/N-ethyl adjacent to an activating group) is 1. The van der Waals surface area contributed by atoms with Gasteiger partial charge in [-0.15, -0.1) is 0 Å². The van der Waals surface area contributed by atoms with Crippen molar-refractivity contribution in [3.05, 3.63) is 0 Å². The Morgan fingerprint density at radius 2 is 2.06 bits per heavy atom. The maximum atomic E-state index is 11.9. The molecule has 1 aliphatic rings. The molecule has 1 saturated heterocycles. The van der Waals surface area contributed by atoms with Gasteiger partial charge in [0.25, 0.3) is 0 Å². The van der Waals surface area contributed by atoms with Gasteiger partial charge in [-0.2, -0.15) is 0 Å². The predicted molar refractivity (Wildman–Crippen MR) is 66.6 cm³/mol. The van der Waals surface area contributed by atoms with Crippen LogP contribution in [-0.2, 0) is 9.59 Å². The highest BCUT2D eigenvalue weighted by Crippen LogP contribution is 2.05. The Hall–Kier alpha value is -1.10. The zero-order valence-corrected chi connectivity index (χ0v) is 11.0. The number of hydrogen-bond acceptors (Lipinski definition) is 3. The number of carbonyl (C=O) groups excluding carboxylic acids is 2. The minimum absolute atomic E-state index is 0.0126. The molecular formula is C12H23N3O2. The summed E-state index contributed by atoms with van der Waals surface area (Å²) in [7, 11) is 0. The molecular weight excluding hydrogens is 218 g/mol. The minimum Gasteiger partial charge on any atom is -0.343 e. The van der Waals surface area contributed by atoms with Crippen molar-refractivity contribution >= 4 is 11.8 Å². The average molecular weight is 241 g/mol. The summed E-state index contributed by atoms with van der Waals surface area (Å²) in [5.41, 5.74) is 0. The molecule has 0 aromatic carbocycles. The van der Waals surface area contributed by atoms with Crippen molar-refractivity contribution in [3.8, 4) is 0 Å². The molecule has 0 bridgehead atoms. The highest BCUT2D eigenvalue weighted by molar-refractivity contribution is 5.89. The summed E-state index contributed by atoms with van der Waals surface area (Å²) >= 11 is 0. The first-order valence-corrected chi connectivity index (χ1v) is 6.42. The van der Waals surface area contributed by atoms with E-state index in [1.165, 1.54) is 0 Å². The molecule has 1 heterocycles. The van der Waals surface area contributed by atoms with E-state index in [0.29, 0.717) is 13.1 Å². The van der Waals surface area contributed by atoms with Crippen molar-refractivity contribution in [1.29, 1.82) is 0 Å². The van der Waals surface area contributed by atoms with Gasteiger partial charge in [-0.05, 0) is 40.2 Å². The zero-order chi connectivity index (χ0) is 12.8. The summed E-state index contributed by atoms with van der Waals surface area (Å²) in [6, 6.07) is -0.563.